The number of pyridine rings is 1. The molecular formula is C13H16N4S. The van der Waals surface area contributed by atoms with Gasteiger partial charge in [-0.05, 0) is 18.9 Å². The van der Waals surface area contributed by atoms with Gasteiger partial charge in [-0.15, -0.1) is 11.3 Å². The first-order valence-electron chi connectivity index (χ1n) is 6.25. The smallest absolute Gasteiger partial charge is 0.141 e. The first-order chi connectivity index (χ1) is 8.81. The summed E-state index contributed by atoms with van der Waals surface area (Å²) >= 11 is 1.58. The van der Waals surface area contributed by atoms with Gasteiger partial charge in [-0.2, -0.15) is 0 Å². The molecule has 94 valence electrons. The number of nitrogens with two attached hydrogens (primary N) is 1. The van der Waals surface area contributed by atoms with Gasteiger partial charge in [0.25, 0.3) is 0 Å². The van der Waals surface area contributed by atoms with E-state index in [1.807, 2.05) is 17.5 Å². The first-order valence-corrected chi connectivity index (χ1v) is 7.13. The maximum Gasteiger partial charge on any atom is 0.141 e. The van der Waals surface area contributed by atoms with E-state index in [2.05, 4.69) is 15.3 Å². The van der Waals surface area contributed by atoms with E-state index in [1.54, 1.807) is 17.5 Å². The summed E-state index contributed by atoms with van der Waals surface area (Å²) in [7, 11) is 0. The van der Waals surface area contributed by atoms with E-state index in [4.69, 9.17) is 5.73 Å². The van der Waals surface area contributed by atoms with E-state index in [0.29, 0.717) is 6.04 Å². The van der Waals surface area contributed by atoms with Gasteiger partial charge in [-0.25, -0.2) is 9.97 Å². The molecule has 5 heteroatoms. The molecule has 2 aromatic heterocycles. The van der Waals surface area contributed by atoms with Crippen LogP contribution in [-0.4, -0.2) is 16.0 Å². The maximum atomic E-state index is 5.94. The van der Waals surface area contributed by atoms with Gasteiger partial charge in [0.1, 0.15) is 16.5 Å². The van der Waals surface area contributed by atoms with E-state index in [0.717, 1.165) is 22.2 Å². The molecule has 0 saturated heterocycles. The quantitative estimate of drug-likeness (QED) is 0.890. The molecular weight excluding hydrogens is 244 g/mol. The van der Waals surface area contributed by atoms with E-state index < -0.39 is 0 Å². The number of nitrogen functional groups attached to an aromatic ring is 1. The van der Waals surface area contributed by atoms with Crippen molar-refractivity contribution in [2.45, 2.75) is 31.7 Å². The fourth-order valence-electron chi connectivity index (χ4n) is 2.36. The van der Waals surface area contributed by atoms with Crippen molar-refractivity contribution < 1.29 is 0 Å². The molecule has 0 aromatic carbocycles. The molecule has 1 fully saturated rings. The average molecular weight is 260 g/mol. The molecule has 0 spiro atoms. The van der Waals surface area contributed by atoms with Crippen LogP contribution in [-0.2, 0) is 0 Å². The molecule has 2 aromatic rings. The van der Waals surface area contributed by atoms with Crippen LogP contribution in [0.4, 0.5) is 11.5 Å². The van der Waals surface area contributed by atoms with Crippen molar-refractivity contribution in [1.29, 1.82) is 0 Å². The van der Waals surface area contributed by atoms with Crippen LogP contribution in [0.15, 0.2) is 23.7 Å². The van der Waals surface area contributed by atoms with Gasteiger partial charge >= 0.3 is 0 Å². The zero-order chi connectivity index (χ0) is 12.4. The predicted molar refractivity (Wildman–Crippen MR) is 75.6 cm³/mol. The van der Waals surface area contributed by atoms with Crippen molar-refractivity contribution in [3.05, 3.63) is 23.7 Å². The van der Waals surface area contributed by atoms with Crippen LogP contribution < -0.4 is 11.1 Å². The van der Waals surface area contributed by atoms with Crippen LogP contribution >= 0.6 is 11.3 Å². The van der Waals surface area contributed by atoms with Crippen LogP contribution in [0.3, 0.4) is 0 Å². The molecule has 2 heterocycles. The highest BCUT2D eigenvalue weighted by Gasteiger charge is 2.15. The lowest BCUT2D eigenvalue weighted by molar-refractivity contribution is 0.751. The highest BCUT2D eigenvalue weighted by atomic mass is 32.1. The molecule has 0 atom stereocenters. The largest absolute Gasteiger partial charge is 0.399 e. The molecule has 3 N–H and O–H groups in total. The second-order valence-corrected chi connectivity index (χ2v) is 5.53. The Kier molecular flexibility index (Phi) is 3.15. The number of hydrogen-bond acceptors (Lipinski definition) is 5. The van der Waals surface area contributed by atoms with Crippen molar-refractivity contribution in [2.75, 3.05) is 11.1 Å². The van der Waals surface area contributed by atoms with E-state index in [9.17, 15) is 0 Å². The summed E-state index contributed by atoms with van der Waals surface area (Å²) in [4.78, 5) is 8.87. The number of nitrogens with one attached hydrogen (secondary N) is 1. The minimum atomic E-state index is 0.545. The Bertz CT molecular complexity index is 518. The minimum absolute atomic E-state index is 0.545. The monoisotopic (exact) mass is 260 g/mol. The van der Waals surface area contributed by atoms with Gasteiger partial charge in [0.05, 0.1) is 0 Å². The Labute approximate surface area is 110 Å². The van der Waals surface area contributed by atoms with Crippen molar-refractivity contribution >= 4 is 22.8 Å². The van der Waals surface area contributed by atoms with Gasteiger partial charge < -0.3 is 11.1 Å². The average Bonchev–Trinajstić information content (AvgIpc) is 3.00. The summed E-state index contributed by atoms with van der Waals surface area (Å²) in [6.45, 7) is 0. The second kappa shape index (κ2) is 4.94. The zero-order valence-corrected chi connectivity index (χ0v) is 10.9. The number of anilines is 2. The summed E-state index contributed by atoms with van der Waals surface area (Å²) in [5.41, 5.74) is 7.52. The molecule has 1 aliphatic carbocycles. The third-order valence-electron chi connectivity index (χ3n) is 3.21. The van der Waals surface area contributed by atoms with Crippen LogP contribution in [0, 0.1) is 0 Å². The van der Waals surface area contributed by atoms with Crippen LogP contribution in [0.2, 0.25) is 0 Å². The van der Waals surface area contributed by atoms with Crippen molar-refractivity contribution in [1.82, 2.24) is 9.97 Å². The summed E-state index contributed by atoms with van der Waals surface area (Å²) in [6, 6.07) is 4.32. The first kappa shape index (κ1) is 11.5. The highest BCUT2D eigenvalue weighted by Crippen LogP contribution is 2.26. The Morgan fingerprint density at radius 2 is 2.11 bits per heavy atom. The Hall–Kier alpha value is -1.62. The Morgan fingerprint density at radius 1 is 1.28 bits per heavy atom. The van der Waals surface area contributed by atoms with Gasteiger partial charge in [0, 0.05) is 29.4 Å². The maximum absolute atomic E-state index is 5.94. The van der Waals surface area contributed by atoms with Crippen molar-refractivity contribution in [3.63, 3.8) is 0 Å². The second-order valence-electron chi connectivity index (χ2n) is 4.63. The van der Waals surface area contributed by atoms with E-state index in [1.165, 1.54) is 25.7 Å². The molecule has 0 bridgehead atoms. The molecule has 0 amide bonds. The summed E-state index contributed by atoms with van der Waals surface area (Å²) in [5.74, 6) is 0.868. The van der Waals surface area contributed by atoms with Crippen molar-refractivity contribution in [2.24, 2.45) is 0 Å². The molecule has 1 saturated carbocycles. The van der Waals surface area contributed by atoms with Gasteiger partial charge in [0.2, 0.25) is 0 Å². The summed E-state index contributed by atoms with van der Waals surface area (Å²) in [5, 5.41) is 6.33. The lowest BCUT2D eigenvalue weighted by Crippen LogP contribution is -2.15. The third-order valence-corrected chi connectivity index (χ3v) is 4.00. The molecule has 0 unspecified atom stereocenters. The molecule has 18 heavy (non-hydrogen) atoms. The normalized spacial score (nSPS) is 16.0. The topological polar surface area (TPSA) is 63.8 Å². The SMILES string of the molecule is Nc1cc(NC2CCCC2)nc(-c2nccs2)c1. The minimum Gasteiger partial charge on any atom is -0.399 e. The lowest BCUT2D eigenvalue weighted by atomic mass is 10.2. The van der Waals surface area contributed by atoms with Gasteiger partial charge in [-0.3, -0.25) is 0 Å². The van der Waals surface area contributed by atoms with Crippen molar-refractivity contribution in [3.8, 4) is 10.7 Å². The number of rotatable bonds is 3. The summed E-state index contributed by atoms with van der Waals surface area (Å²) < 4.78 is 0. The molecule has 0 aliphatic heterocycles. The number of nitrogens with zero attached hydrogens (tertiary/aromatic N) is 2. The van der Waals surface area contributed by atoms with E-state index in [-0.39, 0.29) is 0 Å². The van der Waals surface area contributed by atoms with Crippen LogP contribution in [0.5, 0.6) is 0 Å². The molecule has 4 nitrogen and oxygen atoms in total. The van der Waals surface area contributed by atoms with Gasteiger partial charge in [-0.1, -0.05) is 12.8 Å². The predicted octanol–water partition coefficient (Wildman–Crippen LogP) is 3.14. The van der Waals surface area contributed by atoms with Crippen LogP contribution in [0.25, 0.3) is 10.7 Å². The number of thiazole rings is 1. The van der Waals surface area contributed by atoms with E-state index >= 15 is 0 Å². The van der Waals surface area contributed by atoms with Crippen LogP contribution in [0.1, 0.15) is 25.7 Å². The Balaban J connectivity index is 1.86. The zero-order valence-electron chi connectivity index (χ0n) is 10.1. The Morgan fingerprint density at radius 3 is 2.83 bits per heavy atom. The third kappa shape index (κ3) is 2.46. The number of aromatic nitrogens is 2. The molecule has 1 aliphatic rings. The number of hydrogen-bond donors (Lipinski definition) is 2. The van der Waals surface area contributed by atoms with Gasteiger partial charge in [0.15, 0.2) is 0 Å². The fourth-order valence-corrected chi connectivity index (χ4v) is 2.96. The highest BCUT2D eigenvalue weighted by molar-refractivity contribution is 7.13. The standard InChI is InChI=1S/C13H16N4S/c14-9-7-11(13-15-5-6-18-13)17-12(8-9)16-10-3-1-2-4-10/h5-8,10H,1-4H2,(H3,14,16,17). The molecule has 3 rings (SSSR count). The lowest BCUT2D eigenvalue weighted by Gasteiger charge is -2.13. The summed E-state index contributed by atoms with van der Waals surface area (Å²) in [6.07, 6.45) is 6.85. The fraction of sp³-hybridized carbons (Fsp3) is 0.385. The molecule has 0 radical (unpaired) electrons.